The Morgan fingerprint density at radius 1 is 0.550 bits per heavy atom. The molecule has 0 unspecified atom stereocenters. The van der Waals surface area contributed by atoms with E-state index in [1.165, 1.54) is 0 Å². The fraction of sp³-hybridized carbons (Fsp3) is 0.0625. The average Bonchev–Trinajstić information content (AvgIpc) is 2.97. The largest absolute Gasteiger partial charge is 0.273 e. The third-order valence-electron chi connectivity index (χ3n) is 6.41. The molecule has 198 valence electrons. The molecule has 0 aromatic heterocycles. The molecule has 8 heteroatoms. The van der Waals surface area contributed by atoms with Crippen LogP contribution in [0.2, 0.25) is 0 Å². The molecule has 5 rings (SSSR count). The molecule has 0 aliphatic rings. The number of carbonyl (C=O) groups is 2. The van der Waals surface area contributed by atoms with Crippen LogP contribution in [-0.4, -0.2) is 24.2 Å². The van der Waals surface area contributed by atoms with Crippen molar-refractivity contribution in [2.75, 3.05) is 0 Å². The molecule has 0 fully saturated rings. The van der Waals surface area contributed by atoms with Crippen LogP contribution in [0.5, 0.6) is 0 Å². The fourth-order valence-electron chi connectivity index (χ4n) is 4.48. The number of carbonyl (C=O) groups excluding carboxylic acids is 2. The first kappa shape index (κ1) is 27.4. The number of hydrogen-bond donors (Lipinski definition) is 2. The summed E-state index contributed by atoms with van der Waals surface area (Å²) in [5.41, 5.74) is 8.55. The van der Waals surface area contributed by atoms with Crippen LogP contribution in [0.4, 0.5) is 0 Å². The molecule has 0 saturated heterocycles. The van der Waals surface area contributed by atoms with E-state index >= 15 is 0 Å². The maximum absolute atomic E-state index is 12.6. The lowest BCUT2D eigenvalue weighted by molar-refractivity contribution is -0.121. The maximum Gasteiger partial charge on any atom is 0.244 e. The van der Waals surface area contributed by atoms with Crippen LogP contribution in [0.3, 0.4) is 0 Å². The van der Waals surface area contributed by atoms with Crippen LogP contribution in [0.1, 0.15) is 22.3 Å². The van der Waals surface area contributed by atoms with Crippen molar-refractivity contribution < 1.29 is 9.59 Å². The Balaban J connectivity index is 1.20. The summed E-state index contributed by atoms with van der Waals surface area (Å²) in [6.07, 6.45) is 3.53. The molecule has 0 radical (unpaired) electrons. The van der Waals surface area contributed by atoms with Gasteiger partial charge in [0.15, 0.2) is 0 Å². The second-order valence-electron chi connectivity index (χ2n) is 9.07. The molecule has 0 heterocycles. The van der Waals surface area contributed by atoms with Crippen molar-refractivity contribution in [2.45, 2.75) is 12.8 Å². The van der Waals surface area contributed by atoms with Crippen molar-refractivity contribution in [3.8, 4) is 0 Å². The molecule has 0 atom stereocenters. The Morgan fingerprint density at radius 3 is 1.35 bits per heavy atom. The molecule has 0 spiro atoms. The van der Waals surface area contributed by atoms with E-state index in [-0.39, 0.29) is 24.7 Å². The number of hydrazone groups is 2. The van der Waals surface area contributed by atoms with E-state index in [2.05, 4.69) is 52.9 Å². The molecule has 2 amide bonds. The van der Waals surface area contributed by atoms with E-state index in [0.29, 0.717) is 0 Å². The van der Waals surface area contributed by atoms with Crippen LogP contribution >= 0.6 is 31.9 Å². The molecule has 2 N–H and O–H groups in total. The highest BCUT2D eigenvalue weighted by Crippen LogP contribution is 2.28. The monoisotopic (exact) mass is 654 g/mol. The number of fused-ring (bicyclic) bond motifs is 2. The minimum Gasteiger partial charge on any atom is -0.273 e. The molecule has 40 heavy (non-hydrogen) atoms. The molecule has 0 aliphatic carbocycles. The van der Waals surface area contributed by atoms with Crippen molar-refractivity contribution >= 4 is 77.6 Å². The molecule has 0 bridgehead atoms. The van der Waals surface area contributed by atoms with Crippen LogP contribution in [-0.2, 0) is 22.4 Å². The smallest absolute Gasteiger partial charge is 0.244 e. The minimum absolute atomic E-state index is 0.202. The summed E-state index contributed by atoms with van der Waals surface area (Å²) in [4.78, 5) is 25.2. The summed E-state index contributed by atoms with van der Waals surface area (Å²) in [5.74, 6) is -0.440. The molecule has 6 nitrogen and oxygen atoms in total. The second-order valence-corrected chi connectivity index (χ2v) is 10.8. The Hall–Kier alpha value is -4.14. The standard InChI is InChI=1S/C32H24Br2N4O2/c33-29-15-13-21(25-9-3-5-11-27(25)29)17-31(39)37-35-19-23-7-1-2-8-24(23)20-36-38-32(40)18-22-14-16-30(34)28-12-6-4-10-26(22)28/h1-16,19-20H,17-18H2,(H,37,39)(H,38,40). The zero-order valence-corrected chi connectivity index (χ0v) is 24.4. The number of hydrogen-bond acceptors (Lipinski definition) is 4. The SMILES string of the molecule is O=C(Cc1ccc(Br)c2ccccc12)NN=Cc1ccccc1C=NNC(=O)Cc1ccc(Br)c2ccccc12. The third kappa shape index (κ3) is 6.52. The minimum atomic E-state index is -0.220. The molecule has 0 aliphatic heterocycles. The first-order chi connectivity index (χ1) is 19.5. The van der Waals surface area contributed by atoms with Crippen molar-refractivity contribution in [1.29, 1.82) is 0 Å². The summed E-state index contributed by atoms with van der Waals surface area (Å²) in [7, 11) is 0. The number of amides is 2. The van der Waals surface area contributed by atoms with E-state index in [1.54, 1.807) is 12.4 Å². The number of halogens is 2. The Morgan fingerprint density at radius 2 is 0.925 bits per heavy atom. The predicted molar refractivity (Wildman–Crippen MR) is 169 cm³/mol. The van der Waals surface area contributed by atoms with Gasteiger partial charge in [0.1, 0.15) is 0 Å². The van der Waals surface area contributed by atoms with Gasteiger partial charge < -0.3 is 0 Å². The Bertz CT molecular complexity index is 1650. The van der Waals surface area contributed by atoms with E-state index in [4.69, 9.17) is 0 Å². The maximum atomic E-state index is 12.6. The first-order valence-electron chi connectivity index (χ1n) is 12.5. The van der Waals surface area contributed by atoms with Crippen LogP contribution in [0, 0.1) is 0 Å². The highest BCUT2D eigenvalue weighted by Gasteiger charge is 2.10. The van der Waals surface area contributed by atoms with Crippen LogP contribution in [0.15, 0.2) is 116 Å². The molecule has 5 aromatic carbocycles. The summed E-state index contributed by atoms with van der Waals surface area (Å²) >= 11 is 7.13. The number of benzene rings is 5. The molecule has 0 saturated carbocycles. The van der Waals surface area contributed by atoms with Gasteiger partial charge in [-0.05, 0) is 44.8 Å². The lowest BCUT2D eigenvalue weighted by Crippen LogP contribution is -2.20. The molecule has 5 aromatic rings. The van der Waals surface area contributed by atoms with Gasteiger partial charge in [0.25, 0.3) is 0 Å². The summed E-state index contributed by atoms with van der Waals surface area (Å²) in [5, 5.41) is 12.4. The van der Waals surface area contributed by atoms with Gasteiger partial charge in [-0.3, -0.25) is 9.59 Å². The summed E-state index contributed by atoms with van der Waals surface area (Å²) < 4.78 is 1.98. The molecular weight excluding hydrogens is 632 g/mol. The lowest BCUT2D eigenvalue weighted by atomic mass is 10.0. The average molecular weight is 656 g/mol. The van der Waals surface area contributed by atoms with Crippen molar-refractivity contribution in [3.63, 3.8) is 0 Å². The summed E-state index contributed by atoms with van der Waals surface area (Å²) in [6.45, 7) is 0. The topological polar surface area (TPSA) is 82.9 Å². The fourth-order valence-corrected chi connectivity index (χ4v) is 5.43. The van der Waals surface area contributed by atoms with Crippen LogP contribution < -0.4 is 10.9 Å². The van der Waals surface area contributed by atoms with E-state index in [1.807, 2.05) is 97.1 Å². The highest BCUT2D eigenvalue weighted by atomic mass is 79.9. The highest BCUT2D eigenvalue weighted by molar-refractivity contribution is 9.11. The van der Waals surface area contributed by atoms with Crippen molar-refractivity contribution in [3.05, 3.63) is 128 Å². The van der Waals surface area contributed by atoms with Gasteiger partial charge >= 0.3 is 0 Å². The predicted octanol–water partition coefficient (Wildman–Crippen LogP) is 6.90. The van der Waals surface area contributed by atoms with Gasteiger partial charge in [-0.1, -0.05) is 117 Å². The van der Waals surface area contributed by atoms with Crippen LogP contribution in [0.25, 0.3) is 21.5 Å². The number of nitrogens with one attached hydrogen (secondary N) is 2. The first-order valence-corrected chi connectivity index (χ1v) is 14.1. The zero-order chi connectivity index (χ0) is 27.9. The van der Waals surface area contributed by atoms with Gasteiger partial charge in [-0.2, -0.15) is 10.2 Å². The van der Waals surface area contributed by atoms with Gasteiger partial charge in [-0.25, -0.2) is 10.9 Å². The quantitative estimate of drug-likeness (QED) is 0.141. The van der Waals surface area contributed by atoms with Crippen molar-refractivity contribution in [1.82, 2.24) is 10.9 Å². The zero-order valence-electron chi connectivity index (χ0n) is 21.3. The summed E-state index contributed by atoms with van der Waals surface area (Å²) in [6, 6.07) is 31.1. The number of rotatable bonds is 8. The normalized spacial score (nSPS) is 11.4. The van der Waals surface area contributed by atoms with E-state index in [0.717, 1.165) is 52.7 Å². The number of nitrogens with zero attached hydrogens (tertiary/aromatic N) is 2. The Kier molecular flexibility index (Phi) is 8.78. The third-order valence-corrected chi connectivity index (χ3v) is 7.79. The van der Waals surface area contributed by atoms with Gasteiger partial charge in [0.05, 0.1) is 25.3 Å². The van der Waals surface area contributed by atoms with Gasteiger partial charge in [-0.15, -0.1) is 0 Å². The molecular formula is C32H24Br2N4O2. The second kappa shape index (κ2) is 12.8. The van der Waals surface area contributed by atoms with Gasteiger partial charge in [0, 0.05) is 20.1 Å². The van der Waals surface area contributed by atoms with E-state index in [9.17, 15) is 9.59 Å². The van der Waals surface area contributed by atoms with Crippen molar-refractivity contribution in [2.24, 2.45) is 10.2 Å². The van der Waals surface area contributed by atoms with E-state index < -0.39 is 0 Å². The Labute approximate surface area is 248 Å². The lowest BCUT2D eigenvalue weighted by Gasteiger charge is -2.08. The van der Waals surface area contributed by atoms with Gasteiger partial charge in [0.2, 0.25) is 11.8 Å².